The van der Waals surface area contributed by atoms with Gasteiger partial charge in [0.2, 0.25) is 0 Å². The monoisotopic (exact) mass is 420 g/mol. The summed E-state index contributed by atoms with van der Waals surface area (Å²) < 4.78 is 1.10. The summed E-state index contributed by atoms with van der Waals surface area (Å²) in [6, 6.07) is 15.7. The fourth-order valence-electron chi connectivity index (χ4n) is 2.08. The Morgan fingerprint density at radius 2 is 1.48 bits per heavy atom. The standard InChI is InChI=1S/C19H21IN2O/c1-13(14-5-9-16(10-6-14)19(2,3)4)21-22-18(23)15-7-11-17(20)12-8-15/h5-12H,1-4H3,(H,22,23)/b21-13-. The van der Waals surface area contributed by atoms with E-state index in [2.05, 4.69) is 66.0 Å². The predicted octanol–water partition coefficient (Wildman–Crippen LogP) is 4.74. The van der Waals surface area contributed by atoms with Crippen LogP contribution in [0.5, 0.6) is 0 Å². The number of benzene rings is 2. The lowest BCUT2D eigenvalue weighted by Crippen LogP contribution is -2.19. The lowest BCUT2D eigenvalue weighted by molar-refractivity contribution is 0.0955. The fraction of sp³-hybridized carbons (Fsp3) is 0.263. The molecule has 0 spiro atoms. The molecule has 0 heterocycles. The smallest absolute Gasteiger partial charge is 0.267 e. The van der Waals surface area contributed by atoms with Crippen LogP contribution in [0.15, 0.2) is 53.6 Å². The van der Waals surface area contributed by atoms with Gasteiger partial charge in [-0.25, -0.2) is 5.43 Å². The van der Waals surface area contributed by atoms with E-state index in [1.165, 1.54) is 5.56 Å². The van der Waals surface area contributed by atoms with Gasteiger partial charge in [-0.05, 0) is 70.3 Å². The number of carbonyl (C=O) groups is 1. The molecule has 0 unspecified atom stereocenters. The molecule has 0 aliphatic rings. The Bertz CT molecular complexity index is 711. The average molecular weight is 420 g/mol. The molecule has 120 valence electrons. The largest absolute Gasteiger partial charge is 0.271 e. The number of halogens is 1. The molecule has 23 heavy (non-hydrogen) atoms. The summed E-state index contributed by atoms with van der Waals surface area (Å²) in [7, 11) is 0. The highest BCUT2D eigenvalue weighted by molar-refractivity contribution is 14.1. The minimum atomic E-state index is -0.202. The number of hydrogen-bond acceptors (Lipinski definition) is 2. The van der Waals surface area contributed by atoms with E-state index in [1.54, 1.807) is 12.1 Å². The number of carbonyl (C=O) groups excluding carboxylic acids is 1. The van der Waals surface area contributed by atoms with Crippen molar-refractivity contribution in [2.45, 2.75) is 33.1 Å². The number of hydrogen-bond donors (Lipinski definition) is 1. The molecular formula is C19H21IN2O. The SMILES string of the molecule is C/C(=N/NC(=O)c1ccc(I)cc1)c1ccc(C(C)(C)C)cc1. The van der Waals surface area contributed by atoms with Crippen molar-refractivity contribution >= 4 is 34.2 Å². The van der Waals surface area contributed by atoms with Crippen LogP contribution in [-0.2, 0) is 5.41 Å². The first-order valence-corrected chi connectivity index (χ1v) is 8.56. The van der Waals surface area contributed by atoms with Gasteiger partial charge in [0.15, 0.2) is 0 Å². The number of amides is 1. The van der Waals surface area contributed by atoms with E-state index in [0.29, 0.717) is 5.56 Å². The summed E-state index contributed by atoms with van der Waals surface area (Å²) in [5.41, 5.74) is 6.40. The molecule has 0 atom stereocenters. The van der Waals surface area contributed by atoms with Crippen LogP contribution in [0.4, 0.5) is 0 Å². The quantitative estimate of drug-likeness (QED) is 0.435. The van der Waals surface area contributed by atoms with Gasteiger partial charge in [0.05, 0.1) is 5.71 Å². The van der Waals surface area contributed by atoms with Crippen LogP contribution in [0.1, 0.15) is 49.2 Å². The second-order valence-electron chi connectivity index (χ2n) is 6.47. The second-order valence-corrected chi connectivity index (χ2v) is 7.72. The van der Waals surface area contributed by atoms with Gasteiger partial charge in [-0.3, -0.25) is 4.79 Å². The van der Waals surface area contributed by atoms with E-state index < -0.39 is 0 Å². The summed E-state index contributed by atoms with van der Waals surface area (Å²) >= 11 is 2.21. The van der Waals surface area contributed by atoms with Crippen molar-refractivity contribution in [1.82, 2.24) is 5.43 Å². The minimum absolute atomic E-state index is 0.128. The molecule has 2 aromatic rings. The van der Waals surface area contributed by atoms with Crippen LogP contribution < -0.4 is 5.43 Å². The molecule has 2 aromatic carbocycles. The van der Waals surface area contributed by atoms with Gasteiger partial charge in [0.1, 0.15) is 0 Å². The zero-order chi connectivity index (χ0) is 17.0. The van der Waals surface area contributed by atoms with E-state index in [-0.39, 0.29) is 11.3 Å². The van der Waals surface area contributed by atoms with Crippen LogP contribution in [0.2, 0.25) is 0 Å². The topological polar surface area (TPSA) is 41.5 Å². The molecular weight excluding hydrogens is 399 g/mol. The van der Waals surface area contributed by atoms with E-state index in [4.69, 9.17) is 0 Å². The van der Waals surface area contributed by atoms with Crippen molar-refractivity contribution in [3.63, 3.8) is 0 Å². The normalized spacial score (nSPS) is 12.1. The highest BCUT2D eigenvalue weighted by atomic mass is 127. The third-order valence-corrected chi connectivity index (χ3v) is 4.32. The first-order valence-electron chi connectivity index (χ1n) is 7.48. The van der Waals surface area contributed by atoms with Crippen LogP contribution in [0.3, 0.4) is 0 Å². The van der Waals surface area contributed by atoms with Crippen molar-refractivity contribution in [3.05, 3.63) is 68.8 Å². The summed E-state index contributed by atoms with van der Waals surface area (Å²) in [4.78, 5) is 12.1. The molecule has 2 rings (SSSR count). The summed E-state index contributed by atoms with van der Waals surface area (Å²) in [6.45, 7) is 8.44. The van der Waals surface area contributed by atoms with Crippen molar-refractivity contribution in [2.75, 3.05) is 0 Å². The van der Waals surface area contributed by atoms with Crippen molar-refractivity contribution < 1.29 is 4.79 Å². The maximum Gasteiger partial charge on any atom is 0.271 e. The number of nitrogens with one attached hydrogen (secondary N) is 1. The number of rotatable bonds is 3. The average Bonchev–Trinajstić information content (AvgIpc) is 2.52. The van der Waals surface area contributed by atoms with Gasteiger partial charge in [0, 0.05) is 9.13 Å². The zero-order valence-corrected chi connectivity index (χ0v) is 16.0. The molecule has 4 heteroatoms. The molecule has 1 amide bonds. The third-order valence-electron chi connectivity index (χ3n) is 3.60. The van der Waals surface area contributed by atoms with Crippen molar-refractivity contribution in [3.8, 4) is 0 Å². The van der Waals surface area contributed by atoms with Crippen LogP contribution in [0, 0.1) is 3.57 Å². The van der Waals surface area contributed by atoms with Crippen molar-refractivity contribution in [1.29, 1.82) is 0 Å². The Morgan fingerprint density at radius 3 is 2.00 bits per heavy atom. The molecule has 0 fully saturated rings. The summed E-state index contributed by atoms with van der Waals surface area (Å²) in [5, 5.41) is 4.20. The summed E-state index contributed by atoms with van der Waals surface area (Å²) in [6.07, 6.45) is 0. The molecule has 0 aromatic heterocycles. The Labute approximate surface area is 151 Å². The first-order chi connectivity index (χ1) is 10.8. The molecule has 0 bridgehead atoms. The zero-order valence-electron chi connectivity index (χ0n) is 13.9. The second kappa shape index (κ2) is 7.25. The van der Waals surface area contributed by atoms with Gasteiger partial charge in [0.25, 0.3) is 5.91 Å². The van der Waals surface area contributed by atoms with Crippen LogP contribution in [0.25, 0.3) is 0 Å². The van der Waals surface area contributed by atoms with E-state index >= 15 is 0 Å². The van der Waals surface area contributed by atoms with E-state index in [1.807, 2.05) is 31.2 Å². The molecule has 1 N–H and O–H groups in total. The molecule has 0 radical (unpaired) electrons. The van der Waals surface area contributed by atoms with Gasteiger partial charge >= 0.3 is 0 Å². The van der Waals surface area contributed by atoms with E-state index in [0.717, 1.165) is 14.8 Å². The highest BCUT2D eigenvalue weighted by Crippen LogP contribution is 2.22. The highest BCUT2D eigenvalue weighted by Gasteiger charge is 2.13. The Hall–Kier alpha value is -1.69. The van der Waals surface area contributed by atoms with Gasteiger partial charge in [-0.2, -0.15) is 5.10 Å². The maximum atomic E-state index is 12.1. The van der Waals surface area contributed by atoms with Crippen molar-refractivity contribution in [2.24, 2.45) is 5.10 Å². The molecule has 3 nitrogen and oxygen atoms in total. The van der Waals surface area contributed by atoms with E-state index in [9.17, 15) is 4.79 Å². The third kappa shape index (κ3) is 4.89. The fourth-order valence-corrected chi connectivity index (χ4v) is 2.44. The number of nitrogens with zero attached hydrogens (tertiary/aromatic N) is 1. The minimum Gasteiger partial charge on any atom is -0.267 e. The van der Waals surface area contributed by atoms with Crippen LogP contribution >= 0.6 is 22.6 Å². The lowest BCUT2D eigenvalue weighted by Gasteiger charge is -2.19. The van der Waals surface area contributed by atoms with Gasteiger partial charge in [-0.15, -0.1) is 0 Å². The maximum absolute atomic E-state index is 12.1. The first kappa shape index (κ1) is 17.7. The van der Waals surface area contributed by atoms with Crippen LogP contribution in [-0.4, -0.2) is 11.6 Å². The predicted molar refractivity (Wildman–Crippen MR) is 104 cm³/mol. The molecule has 0 aliphatic carbocycles. The Kier molecular flexibility index (Phi) is 5.57. The lowest BCUT2D eigenvalue weighted by atomic mass is 9.86. The Morgan fingerprint density at radius 1 is 0.957 bits per heavy atom. The Balaban J connectivity index is 2.07. The van der Waals surface area contributed by atoms with Gasteiger partial charge in [-0.1, -0.05) is 45.0 Å². The number of hydrazone groups is 1. The molecule has 0 aliphatic heterocycles. The summed E-state index contributed by atoms with van der Waals surface area (Å²) in [5.74, 6) is -0.202. The van der Waals surface area contributed by atoms with Gasteiger partial charge < -0.3 is 0 Å². The molecule has 0 saturated carbocycles. The molecule has 0 saturated heterocycles.